The van der Waals surface area contributed by atoms with Gasteiger partial charge >= 0.3 is 0 Å². The van der Waals surface area contributed by atoms with E-state index < -0.39 is 0 Å². The zero-order valence-corrected chi connectivity index (χ0v) is 17.1. The minimum atomic E-state index is -0.214. The second-order valence-electron chi connectivity index (χ2n) is 9.05. The van der Waals surface area contributed by atoms with Gasteiger partial charge in [0.25, 0.3) is 0 Å². The second-order valence-corrected chi connectivity index (χ2v) is 10.4. The summed E-state index contributed by atoms with van der Waals surface area (Å²) in [5.41, 5.74) is 1.19. The van der Waals surface area contributed by atoms with Crippen LogP contribution in [0.4, 0.5) is 0 Å². The van der Waals surface area contributed by atoms with E-state index in [9.17, 15) is 4.79 Å². The van der Waals surface area contributed by atoms with Crippen molar-refractivity contribution in [2.45, 2.75) is 67.9 Å². The lowest BCUT2D eigenvalue weighted by Gasteiger charge is -2.57. The first kappa shape index (κ1) is 18.2. The molecule has 1 aromatic heterocycles. The number of carbonyl (C=O) groups is 1. The Morgan fingerprint density at radius 2 is 1.82 bits per heavy atom. The topological polar surface area (TPSA) is 72.7 Å². The summed E-state index contributed by atoms with van der Waals surface area (Å²) in [6.45, 7) is 2.57. The molecule has 1 heterocycles. The van der Waals surface area contributed by atoms with Gasteiger partial charge in [-0.25, -0.2) is 4.68 Å². The Labute approximate surface area is 169 Å². The van der Waals surface area contributed by atoms with Crippen molar-refractivity contribution in [1.82, 2.24) is 25.5 Å². The molecule has 4 fully saturated rings. The summed E-state index contributed by atoms with van der Waals surface area (Å²) in [6, 6.07) is 10.1. The van der Waals surface area contributed by atoms with Crippen LogP contribution in [0.1, 0.15) is 51.0 Å². The molecule has 148 valence electrons. The average molecular weight is 398 g/mol. The van der Waals surface area contributed by atoms with Crippen molar-refractivity contribution >= 4 is 17.7 Å². The van der Waals surface area contributed by atoms with Gasteiger partial charge in [-0.1, -0.05) is 42.1 Å². The largest absolute Gasteiger partial charge is 0.350 e. The van der Waals surface area contributed by atoms with Crippen LogP contribution in [0.2, 0.25) is 0 Å². The molecule has 1 amide bonds. The van der Waals surface area contributed by atoms with E-state index in [0.29, 0.717) is 11.7 Å². The monoisotopic (exact) mass is 397 g/mol. The highest BCUT2D eigenvalue weighted by Crippen LogP contribution is 2.55. The quantitative estimate of drug-likeness (QED) is 0.757. The molecule has 1 atom stereocenters. The van der Waals surface area contributed by atoms with Gasteiger partial charge in [-0.3, -0.25) is 4.79 Å². The van der Waals surface area contributed by atoms with E-state index >= 15 is 0 Å². The van der Waals surface area contributed by atoms with Crippen LogP contribution in [0, 0.1) is 17.8 Å². The highest BCUT2D eigenvalue weighted by atomic mass is 32.2. The number of hydrogen-bond acceptors (Lipinski definition) is 5. The zero-order valence-electron chi connectivity index (χ0n) is 16.3. The summed E-state index contributed by atoms with van der Waals surface area (Å²) in [5, 5.41) is 16.0. The number of nitrogens with zero attached hydrogens (tertiary/aromatic N) is 4. The number of tetrazole rings is 1. The summed E-state index contributed by atoms with van der Waals surface area (Å²) in [5.74, 6) is 2.61. The molecular weight excluding hydrogens is 370 g/mol. The van der Waals surface area contributed by atoms with Crippen molar-refractivity contribution < 1.29 is 4.79 Å². The summed E-state index contributed by atoms with van der Waals surface area (Å²) in [6.07, 6.45) is 7.67. The zero-order chi connectivity index (χ0) is 19.1. The Bertz CT molecular complexity index is 816. The molecule has 4 aliphatic rings. The molecule has 4 saturated carbocycles. The van der Waals surface area contributed by atoms with E-state index in [1.54, 1.807) is 4.68 Å². The van der Waals surface area contributed by atoms with Crippen LogP contribution in [0.25, 0.3) is 0 Å². The Hall–Kier alpha value is -1.89. The number of amides is 1. The summed E-state index contributed by atoms with van der Waals surface area (Å²) >= 11 is 1.45. The maximum Gasteiger partial charge on any atom is 0.233 e. The Morgan fingerprint density at radius 1 is 1.18 bits per heavy atom. The maximum absolute atomic E-state index is 13.0. The Morgan fingerprint density at radius 3 is 2.46 bits per heavy atom. The third-order valence-corrected chi connectivity index (χ3v) is 7.82. The predicted octanol–water partition coefficient (Wildman–Crippen LogP) is 3.29. The van der Waals surface area contributed by atoms with Crippen molar-refractivity contribution in [1.29, 1.82) is 0 Å². The number of rotatable bonds is 6. The summed E-state index contributed by atoms with van der Waals surface area (Å²) < 4.78 is 1.77. The minimum Gasteiger partial charge on any atom is -0.350 e. The lowest BCUT2D eigenvalue weighted by Crippen LogP contribution is -2.60. The van der Waals surface area contributed by atoms with Crippen molar-refractivity contribution in [3.8, 4) is 0 Å². The number of aromatic nitrogens is 4. The van der Waals surface area contributed by atoms with E-state index in [1.807, 2.05) is 25.1 Å². The molecule has 0 spiro atoms. The first-order chi connectivity index (χ1) is 13.6. The number of hydrogen-bond donors (Lipinski definition) is 1. The maximum atomic E-state index is 13.0. The molecule has 1 unspecified atom stereocenters. The molecule has 4 aliphatic carbocycles. The fourth-order valence-electron chi connectivity index (χ4n) is 5.97. The van der Waals surface area contributed by atoms with Gasteiger partial charge in [-0.2, -0.15) is 0 Å². The highest BCUT2D eigenvalue weighted by Gasteiger charge is 2.51. The molecule has 4 bridgehead atoms. The van der Waals surface area contributed by atoms with E-state index in [1.165, 1.54) is 50.3 Å². The van der Waals surface area contributed by atoms with Gasteiger partial charge in [-0.05, 0) is 79.2 Å². The molecule has 0 radical (unpaired) electrons. The van der Waals surface area contributed by atoms with Crippen molar-refractivity contribution in [3.63, 3.8) is 0 Å². The third-order valence-electron chi connectivity index (χ3n) is 6.75. The molecule has 7 heteroatoms. The number of nitrogens with one attached hydrogen (secondary N) is 1. The molecule has 1 aromatic carbocycles. The molecule has 1 N–H and O–H groups in total. The predicted molar refractivity (Wildman–Crippen MR) is 108 cm³/mol. The van der Waals surface area contributed by atoms with E-state index in [0.717, 1.165) is 23.3 Å². The van der Waals surface area contributed by atoms with Gasteiger partial charge in [0.2, 0.25) is 11.1 Å². The molecule has 6 nitrogen and oxygen atoms in total. The second kappa shape index (κ2) is 7.17. The first-order valence-corrected chi connectivity index (χ1v) is 11.3. The van der Waals surface area contributed by atoms with Gasteiger partial charge in [0.05, 0.1) is 11.8 Å². The van der Waals surface area contributed by atoms with E-state index in [2.05, 4.69) is 33.0 Å². The fraction of sp³-hybridized carbons (Fsp3) is 0.619. The van der Waals surface area contributed by atoms with Crippen LogP contribution < -0.4 is 5.32 Å². The van der Waals surface area contributed by atoms with Gasteiger partial charge in [-0.15, -0.1) is 5.10 Å². The smallest absolute Gasteiger partial charge is 0.233 e. The Balaban J connectivity index is 1.23. The van der Waals surface area contributed by atoms with Crippen molar-refractivity contribution in [3.05, 3.63) is 35.9 Å². The van der Waals surface area contributed by atoms with Crippen LogP contribution >= 0.6 is 11.8 Å². The standard InChI is InChI=1S/C21H27N5OS/c1-14(28-20-23-24-25-26(20)13-15-5-3-2-4-6-15)19(27)22-21-10-16-7-17(11-21)9-18(8-16)12-21/h2-6,14,16-18H,7-13H2,1H3,(H,22,27). The number of thioether (sulfide) groups is 1. The third kappa shape index (κ3) is 3.56. The molecule has 6 rings (SSSR count). The van der Waals surface area contributed by atoms with Gasteiger partial charge < -0.3 is 5.32 Å². The number of carbonyl (C=O) groups excluding carboxylic acids is 1. The summed E-state index contributed by atoms with van der Waals surface area (Å²) in [4.78, 5) is 13.0. The lowest BCUT2D eigenvalue weighted by molar-refractivity contribution is -0.126. The van der Waals surface area contributed by atoms with Crippen LogP contribution in [0.3, 0.4) is 0 Å². The van der Waals surface area contributed by atoms with Crippen molar-refractivity contribution in [2.75, 3.05) is 0 Å². The highest BCUT2D eigenvalue weighted by molar-refractivity contribution is 8.00. The van der Waals surface area contributed by atoms with Crippen LogP contribution in [0.15, 0.2) is 35.5 Å². The summed E-state index contributed by atoms with van der Waals surface area (Å²) in [7, 11) is 0. The fourth-order valence-corrected chi connectivity index (χ4v) is 6.76. The molecular formula is C21H27N5OS. The van der Waals surface area contributed by atoms with Crippen LogP contribution in [0.5, 0.6) is 0 Å². The van der Waals surface area contributed by atoms with Gasteiger partial charge in [0.1, 0.15) is 0 Å². The molecule has 0 aliphatic heterocycles. The SMILES string of the molecule is CC(Sc1nnnn1Cc1ccccc1)C(=O)NC12CC3CC(CC(C3)C1)C2. The minimum absolute atomic E-state index is 0.0522. The van der Waals surface area contributed by atoms with E-state index in [-0.39, 0.29) is 16.7 Å². The molecule has 0 saturated heterocycles. The number of benzene rings is 1. The van der Waals surface area contributed by atoms with Crippen molar-refractivity contribution in [2.24, 2.45) is 17.8 Å². The Kier molecular flexibility index (Phi) is 4.65. The molecule has 28 heavy (non-hydrogen) atoms. The first-order valence-electron chi connectivity index (χ1n) is 10.4. The normalized spacial score (nSPS) is 31.7. The van der Waals surface area contributed by atoms with E-state index in [4.69, 9.17) is 0 Å². The van der Waals surface area contributed by atoms with Gasteiger partial charge in [0, 0.05) is 5.54 Å². The lowest BCUT2D eigenvalue weighted by atomic mass is 9.53. The molecule has 2 aromatic rings. The van der Waals surface area contributed by atoms with Crippen LogP contribution in [-0.2, 0) is 11.3 Å². The van der Waals surface area contributed by atoms with Crippen LogP contribution in [-0.4, -0.2) is 36.9 Å². The van der Waals surface area contributed by atoms with Gasteiger partial charge in [0.15, 0.2) is 0 Å². The average Bonchev–Trinajstić information content (AvgIpc) is 3.07.